The number of carbonyl (C=O) groups excluding carboxylic acids is 1. The van der Waals surface area contributed by atoms with Crippen LogP contribution in [-0.4, -0.2) is 30.7 Å². The largest absolute Gasteiger partial charge is 0.368 e. The zero-order chi connectivity index (χ0) is 10.7. The van der Waals surface area contributed by atoms with Gasteiger partial charge in [-0.2, -0.15) is 0 Å². The van der Waals surface area contributed by atoms with E-state index in [0.29, 0.717) is 13.2 Å². The van der Waals surface area contributed by atoms with Gasteiger partial charge in [-0.25, -0.2) is 0 Å². The lowest BCUT2D eigenvalue weighted by molar-refractivity contribution is -0.135. The number of hydrogen-bond donors (Lipinski definition) is 2. The van der Waals surface area contributed by atoms with Crippen molar-refractivity contribution in [3.63, 3.8) is 0 Å². The summed E-state index contributed by atoms with van der Waals surface area (Å²) in [4.78, 5) is 11.7. The first-order valence-corrected chi connectivity index (χ1v) is 5.88. The van der Waals surface area contributed by atoms with Gasteiger partial charge in [0.15, 0.2) is 0 Å². The second-order valence-electron chi connectivity index (χ2n) is 4.79. The van der Waals surface area contributed by atoms with Crippen LogP contribution in [0.1, 0.15) is 38.5 Å². The molecule has 3 N–H and O–H groups in total. The van der Waals surface area contributed by atoms with E-state index in [9.17, 15) is 4.79 Å². The van der Waals surface area contributed by atoms with Gasteiger partial charge in [-0.3, -0.25) is 4.79 Å². The summed E-state index contributed by atoms with van der Waals surface area (Å²) in [6.07, 6.45) is 6.02. The highest BCUT2D eigenvalue weighted by molar-refractivity contribution is 5.80. The van der Waals surface area contributed by atoms with Crippen molar-refractivity contribution >= 4 is 5.91 Å². The molecule has 0 bridgehead atoms. The van der Waals surface area contributed by atoms with Crippen LogP contribution in [0.2, 0.25) is 0 Å². The van der Waals surface area contributed by atoms with E-state index in [2.05, 4.69) is 5.32 Å². The summed E-state index contributed by atoms with van der Waals surface area (Å²) in [6, 6.07) is 0. The summed E-state index contributed by atoms with van der Waals surface area (Å²) in [7, 11) is 0. The highest BCUT2D eigenvalue weighted by Crippen LogP contribution is 2.28. The van der Waals surface area contributed by atoms with E-state index in [-0.39, 0.29) is 17.6 Å². The number of amides is 1. The van der Waals surface area contributed by atoms with E-state index in [0.717, 1.165) is 32.1 Å². The predicted molar refractivity (Wildman–Crippen MR) is 57.4 cm³/mol. The lowest BCUT2D eigenvalue weighted by Gasteiger charge is -2.38. The quantitative estimate of drug-likeness (QED) is 0.718. The molecule has 1 unspecified atom stereocenters. The molecular weight excluding hydrogens is 192 g/mol. The Morgan fingerprint density at radius 3 is 2.73 bits per heavy atom. The standard InChI is InChI=1S/C11H20N2O2/c12-11(5-3-6-11)8-13-10(14)9-4-1-2-7-15-9/h9H,1-8,12H2,(H,13,14). The zero-order valence-corrected chi connectivity index (χ0v) is 9.13. The third kappa shape index (κ3) is 2.69. The van der Waals surface area contributed by atoms with Crippen molar-refractivity contribution in [2.24, 2.45) is 5.73 Å². The molecule has 2 aliphatic rings. The molecule has 1 aliphatic carbocycles. The third-order valence-corrected chi connectivity index (χ3v) is 3.44. The summed E-state index contributed by atoms with van der Waals surface area (Å²) in [5.41, 5.74) is 5.89. The Balaban J connectivity index is 1.71. The average molecular weight is 212 g/mol. The van der Waals surface area contributed by atoms with Gasteiger partial charge in [0.05, 0.1) is 0 Å². The topological polar surface area (TPSA) is 64.3 Å². The molecule has 1 aliphatic heterocycles. The van der Waals surface area contributed by atoms with Gasteiger partial charge in [-0.05, 0) is 38.5 Å². The highest BCUT2D eigenvalue weighted by atomic mass is 16.5. The summed E-state index contributed by atoms with van der Waals surface area (Å²) in [5, 5.41) is 2.91. The van der Waals surface area contributed by atoms with Crippen LogP contribution in [0, 0.1) is 0 Å². The van der Waals surface area contributed by atoms with Gasteiger partial charge in [-0.15, -0.1) is 0 Å². The molecule has 2 fully saturated rings. The molecule has 0 spiro atoms. The number of rotatable bonds is 3. The fraction of sp³-hybridized carbons (Fsp3) is 0.909. The molecule has 1 atom stereocenters. The lowest BCUT2D eigenvalue weighted by Crippen LogP contribution is -2.56. The zero-order valence-electron chi connectivity index (χ0n) is 9.13. The van der Waals surface area contributed by atoms with Crippen LogP contribution in [0.3, 0.4) is 0 Å². The fourth-order valence-corrected chi connectivity index (χ4v) is 2.13. The van der Waals surface area contributed by atoms with Crippen molar-refractivity contribution in [2.45, 2.75) is 50.2 Å². The Morgan fingerprint density at radius 2 is 2.20 bits per heavy atom. The van der Waals surface area contributed by atoms with Crippen LogP contribution in [0.4, 0.5) is 0 Å². The van der Waals surface area contributed by atoms with Crippen molar-refractivity contribution in [3.05, 3.63) is 0 Å². The van der Waals surface area contributed by atoms with Gasteiger partial charge in [0.1, 0.15) is 6.10 Å². The average Bonchev–Trinajstić information content (AvgIpc) is 2.24. The molecule has 1 amide bonds. The van der Waals surface area contributed by atoms with Gasteiger partial charge in [0.25, 0.3) is 0 Å². The highest BCUT2D eigenvalue weighted by Gasteiger charge is 2.33. The predicted octanol–water partition coefficient (Wildman–Crippen LogP) is 0.553. The first-order chi connectivity index (χ1) is 7.20. The van der Waals surface area contributed by atoms with E-state index < -0.39 is 0 Å². The molecule has 1 saturated carbocycles. The van der Waals surface area contributed by atoms with Gasteiger partial charge in [0, 0.05) is 18.7 Å². The molecule has 2 rings (SSSR count). The Hall–Kier alpha value is -0.610. The molecule has 4 heteroatoms. The molecule has 86 valence electrons. The van der Waals surface area contributed by atoms with Crippen LogP contribution >= 0.6 is 0 Å². The van der Waals surface area contributed by atoms with E-state index in [1.54, 1.807) is 0 Å². The van der Waals surface area contributed by atoms with Crippen LogP contribution < -0.4 is 11.1 Å². The van der Waals surface area contributed by atoms with Gasteiger partial charge in [-0.1, -0.05) is 0 Å². The van der Waals surface area contributed by atoms with Crippen LogP contribution in [0.5, 0.6) is 0 Å². The lowest BCUT2D eigenvalue weighted by atomic mass is 9.78. The molecule has 0 radical (unpaired) electrons. The Morgan fingerprint density at radius 1 is 1.40 bits per heavy atom. The molecule has 15 heavy (non-hydrogen) atoms. The Labute approximate surface area is 90.5 Å². The van der Waals surface area contributed by atoms with Crippen LogP contribution in [0.25, 0.3) is 0 Å². The van der Waals surface area contributed by atoms with Gasteiger partial charge in [0.2, 0.25) is 5.91 Å². The molecule has 0 aromatic heterocycles. The first-order valence-electron chi connectivity index (χ1n) is 5.88. The molecule has 4 nitrogen and oxygen atoms in total. The Kier molecular flexibility index (Phi) is 3.26. The van der Waals surface area contributed by atoms with E-state index in [4.69, 9.17) is 10.5 Å². The maximum Gasteiger partial charge on any atom is 0.249 e. The molecule has 1 heterocycles. The van der Waals surface area contributed by atoms with Crippen LogP contribution in [-0.2, 0) is 9.53 Å². The molecule has 0 aromatic rings. The van der Waals surface area contributed by atoms with Crippen molar-refractivity contribution < 1.29 is 9.53 Å². The van der Waals surface area contributed by atoms with Crippen molar-refractivity contribution in [1.29, 1.82) is 0 Å². The van der Waals surface area contributed by atoms with Gasteiger partial charge < -0.3 is 15.8 Å². The SMILES string of the molecule is NC1(CNC(=O)C2CCCCO2)CCC1. The number of hydrogen-bond acceptors (Lipinski definition) is 3. The minimum Gasteiger partial charge on any atom is -0.368 e. The monoisotopic (exact) mass is 212 g/mol. The number of ether oxygens (including phenoxy) is 1. The third-order valence-electron chi connectivity index (χ3n) is 3.44. The summed E-state index contributed by atoms with van der Waals surface area (Å²) >= 11 is 0. The van der Waals surface area contributed by atoms with Crippen molar-refractivity contribution in [1.82, 2.24) is 5.32 Å². The summed E-state index contributed by atoms with van der Waals surface area (Å²) < 4.78 is 5.40. The van der Waals surface area contributed by atoms with E-state index in [1.807, 2.05) is 0 Å². The molecule has 1 saturated heterocycles. The van der Waals surface area contributed by atoms with Crippen molar-refractivity contribution in [2.75, 3.05) is 13.2 Å². The number of nitrogens with two attached hydrogens (primary N) is 1. The first kappa shape index (κ1) is 10.9. The maximum atomic E-state index is 11.7. The Bertz CT molecular complexity index is 233. The van der Waals surface area contributed by atoms with Crippen molar-refractivity contribution in [3.8, 4) is 0 Å². The van der Waals surface area contributed by atoms with E-state index in [1.165, 1.54) is 6.42 Å². The molecular formula is C11H20N2O2. The molecule has 0 aromatic carbocycles. The fourth-order valence-electron chi connectivity index (χ4n) is 2.13. The summed E-state index contributed by atoms with van der Waals surface area (Å²) in [5.74, 6) is 0.0198. The smallest absolute Gasteiger partial charge is 0.249 e. The normalized spacial score (nSPS) is 29.3. The minimum atomic E-state index is -0.234. The summed E-state index contributed by atoms with van der Waals surface area (Å²) in [6.45, 7) is 1.32. The van der Waals surface area contributed by atoms with Crippen LogP contribution in [0.15, 0.2) is 0 Å². The maximum absolute atomic E-state index is 11.7. The number of nitrogens with one attached hydrogen (secondary N) is 1. The number of carbonyl (C=O) groups is 1. The second-order valence-corrected chi connectivity index (χ2v) is 4.79. The van der Waals surface area contributed by atoms with E-state index >= 15 is 0 Å². The van der Waals surface area contributed by atoms with Gasteiger partial charge >= 0.3 is 0 Å². The minimum absolute atomic E-state index is 0.0198. The second kappa shape index (κ2) is 4.49.